The van der Waals surface area contributed by atoms with Crippen molar-refractivity contribution in [2.75, 3.05) is 0 Å². The largest absolute Gasteiger partial charge is 0.309 e. The fourth-order valence-electron chi connectivity index (χ4n) is 9.45. The highest BCUT2D eigenvalue weighted by Gasteiger charge is 2.43. The summed E-state index contributed by atoms with van der Waals surface area (Å²) in [6.45, 7) is 0. The Balaban J connectivity index is 1.29. The maximum Gasteiger partial charge on any atom is 0.180 e. The van der Waals surface area contributed by atoms with E-state index in [2.05, 4.69) is 240 Å². The fraction of sp³-hybridized carbons (Fsp3) is 0. The maximum atomic E-state index is 2.56. The molecule has 0 aliphatic heterocycles. The molecule has 0 N–H and O–H groups in total. The average molecular weight is 743 g/mol. The van der Waals surface area contributed by atoms with E-state index in [9.17, 15) is 0 Å². The van der Waals surface area contributed by atoms with Crippen LogP contribution in [0.5, 0.6) is 0 Å². The first-order valence-electron chi connectivity index (χ1n) is 19.7. The zero-order valence-electron chi connectivity index (χ0n) is 31.3. The Bertz CT molecular complexity index is 3110. The van der Waals surface area contributed by atoms with E-state index in [0.29, 0.717) is 0 Å². The molecule has 2 aromatic heterocycles. The molecule has 0 amide bonds. The summed E-state index contributed by atoms with van der Waals surface area (Å²) in [5, 5.41) is 10.4. The molecule has 0 spiro atoms. The summed E-state index contributed by atoms with van der Waals surface area (Å²) in [5.74, 6) is 0. The van der Waals surface area contributed by atoms with Crippen molar-refractivity contribution in [2.45, 2.75) is 0 Å². The van der Waals surface area contributed by atoms with Gasteiger partial charge in [-0.15, -0.1) is 0 Å². The van der Waals surface area contributed by atoms with E-state index in [0.717, 1.165) is 11.4 Å². The highest BCUT2D eigenvalue weighted by molar-refractivity contribution is 7.20. The normalized spacial score (nSPS) is 11.9. The molecule has 57 heavy (non-hydrogen) atoms. The van der Waals surface area contributed by atoms with Gasteiger partial charge in [0.15, 0.2) is 8.07 Å². The molecule has 0 unspecified atom stereocenters. The van der Waals surface area contributed by atoms with E-state index in [-0.39, 0.29) is 0 Å². The van der Waals surface area contributed by atoms with Gasteiger partial charge in [-0.25, -0.2) is 0 Å². The van der Waals surface area contributed by atoms with E-state index in [1.807, 2.05) is 0 Å². The second kappa shape index (κ2) is 13.5. The number of benzene rings is 9. The van der Waals surface area contributed by atoms with Gasteiger partial charge in [0, 0.05) is 32.9 Å². The van der Waals surface area contributed by atoms with Crippen molar-refractivity contribution >= 4 is 72.4 Å². The monoisotopic (exact) mass is 742 g/mol. The number of fused-ring (bicyclic) bond motifs is 6. The van der Waals surface area contributed by atoms with Gasteiger partial charge in [-0.3, -0.25) is 0 Å². The lowest BCUT2D eigenvalue weighted by atomic mass is 10.0. The maximum absolute atomic E-state index is 2.95. The number of aromatic nitrogens is 2. The number of hydrogen-bond acceptors (Lipinski definition) is 0. The Hall–Kier alpha value is -7.20. The van der Waals surface area contributed by atoms with E-state index < -0.39 is 8.07 Å². The van der Waals surface area contributed by atoms with Gasteiger partial charge in [0.2, 0.25) is 0 Å². The molecule has 0 saturated heterocycles. The van der Waals surface area contributed by atoms with Crippen LogP contribution in [0.2, 0.25) is 0 Å². The lowest BCUT2D eigenvalue weighted by molar-refractivity contribution is 1.17. The summed E-state index contributed by atoms with van der Waals surface area (Å²) in [6, 6.07) is 85.4. The molecule has 9 aromatic carbocycles. The van der Waals surface area contributed by atoms with Crippen LogP contribution in [0.1, 0.15) is 0 Å². The fourth-order valence-corrected chi connectivity index (χ4v) is 14.4. The molecule has 0 radical (unpaired) electrons. The number of para-hydroxylation sites is 3. The van der Waals surface area contributed by atoms with Gasteiger partial charge in [0.25, 0.3) is 0 Å². The van der Waals surface area contributed by atoms with Crippen LogP contribution in [0.4, 0.5) is 0 Å². The number of hydrogen-bond donors (Lipinski definition) is 0. The Morgan fingerprint density at radius 2 is 0.702 bits per heavy atom. The van der Waals surface area contributed by atoms with Gasteiger partial charge < -0.3 is 9.13 Å². The van der Waals surface area contributed by atoms with Gasteiger partial charge in [0.1, 0.15) is 0 Å². The van der Waals surface area contributed by atoms with Crippen molar-refractivity contribution in [1.29, 1.82) is 0 Å². The number of rotatable bonds is 7. The third kappa shape index (κ3) is 5.17. The Morgan fingerprint density at radius 3 is 1.25 bits per heavy atom. The van der Waals surface area contributed by atoms with Gasteiger partial charge in [0.05, 0.1) is 22.1 Å². The minimum atomic E-state index is -2.95. The van der Waals surface area contributed by atoms with E-state index >= 15 is 0 Å². The van der Waals surface area contributed by atoms with Crippen LogP contribution in [0.15, 0.2) is 231 Å². The molecular weight excluding hydrogens is 705 g/mol. The Kier molecular flexibility index (Phi) is 7.87. The summed E-state index contributed by atoms with van der Waals surface area (Å²) < 4.78 is 4.90. The van der Waals surface area contributed by atoms with Crippen molar-refractivity contribution < 1.29 is 0 Å². The molecular formula is C54H38N2Si. The van der Waals surface area contributed by atoms with Crippen LogP contribution in [-0.4, -0.2) is 17.2 Å². The van der Waals surface area contributed by atoms with E-state index in [1.165, 1.54) is 75.5 Å². The van der Waals surface area contributed by atoms with Crippen molar-refractivity contribution in [3.8, 4) is 22.5 Å². The average Bonchev–Trinajstić information content (AvgIpc) is 3.80. The summed E-state index contributed by atoms with van der Waals surface area (Å²) in [6.07, 6.45) is 0. The van der Waals surface area contributed by atoms with Crippen molar-refractivity contribution in [1.82, 2.24) is 9.13 Å². The highest BCUT2D eigenvalue weighted by Crippen LogP contribution is 2.38. The second-order valence-corrected chi connectivity index (χ2v) is 18.6. The molecule has 0 aliphatic rings. The SMILES string of the molecule is c1ccc(-c2cc3c4ccccc4n(-c4ccc5c(c4)c4ccccc4n5-c4ccccc4)c3cc2[Si](c2ccccc2)(c2ccccc2)c2ccccc2)cc1. The Labute approximate surface area is 333 Å². The predicted octanol–water partition coefficient (Wildman–Crippen LogP) is 10.9. The molecule has 2 nitrogen and oxygen atoms in total. The van der Waals surface area contributed by atoms with E-state index in [1.54, 1.807) is 0 Å². The van der Waals surface area contributed by atoms with Crippen LogP contribution >= 0.6 is 0 Å². The first-order chi connectivity index (χ1) is 28.3. The molecule has 11 aromatic rings. The van der Waals surface area contributed by atoms with Gasteiger partial charge in [-0.1, -0.05) is 176 Å². The van der Waals surface area contributed by atoms with Crippen LogP contribution < -0.4 is 20.7 Å². The smallest absolute Gasteiger partial charge is 0.180 e. The predicted molar refractivity (Wildman–Crippen MR) is 244 cm³/mol. The van der Waals surface area contributed by atoms with Crippen molar-refractivity contribution in [3.63, 3.8) is 0 Å². The molecule has 268 valence electrons. The third-order valence-electron chi connectivity index (χ3n) is 11.8. The molecule has 2 heterocycles. The van der Waals surface area contributed by atoms with Gasteiger partial charge in [-0.05, 0) is 86.5 Å². The molecule has 0 fully saturated rings. The molecule has 0 bridgehead atoms. The summed E-state index contributed by atoms with van der Waals surface area (Å²) in [5.41, 5.74) is 9.61. The van der Waals surface area contributed by atoms with Crippen LogP contribution in [0, 0.1) is 0 Å². The minimum absolute atomic E-state index is 1.15. The minimum Gasteiger partial charge on any atom is -0.309 e. The van der Waals surface area contributed by atoms with Crippen molar-refractivity contribution in [3.05, 3.63) is 231 Å². The third-order valence-corrected chi connectivity index (χ3v) is 16.7. The van der Waals surface area contributed by atoms with Crippen LogP contribution in [-0.2, 0) is 0 Å². The zero-order valence-corrected chi connectivity index (χ0v) is 32.3. The topological polar surface area (TPSA) is 9.86 Å². The molecule has 0 atom stereocenters. The quantitative estimate of drug-likeness (QED) is 0.114. The first kappa shape index (κ1) is 33.2. The highest BCUT2D eigenvalue weighted by atomic mass is 28.3. The van der Waals surface area contributed by atoms with Crippen LogP contribution in [0.25, 0.3) is 66.1 Å². The zero-order chi connectivity index (χ0) is 37.8. The van der Waals surface area contributed by atoms with Crippen molar-refractivity contribution in [2.24, 2.45) is 0 Å². The molecule has 0 saturated carbocycles. The van der Waals surface area contributed by atoms with E-state index in [4.69, 9.17) is 0 Å². The molecule has 11 rings (SSSR count). The summed E-state index contributed by atoms with van der Waals surface area (Å²) >= 11 is 0. The lowest BCUT2D eigenvalue weighted by Crippen LogP contribution is -2.75. The Morgan fingerprint density at radius 1 is 0.281 bits per heavy atom. The summed E-state index contributed by atoms with van der Waals surface area (Å²) in [4.78, 5) is 0. The standard InChI is InChI=1S/C54H38N2Si/c1-6-20-39(21-7-1)47-37-49-46-31-17-19-33-51(46)56(41-34-35-52-48(36-41)45-30-16-18-32-50(45)55(52)40-22-8-2-9-23-40)53(49)38-54(47)57(42-24-10-3-11-25-42,43-26-12-4-13-27-43)44-28-14-5-15-29-44/h1-38H. The molecule has 3 heteroatoms. The first-order valence-corrected chi connectivity index (χ1v) is 21.7. The second-order valence-electron chi connectivity index (χ2n) is 14.9. The van der Waals surface area contributed by atoms with Gasteiger partial charge in [-0.2, -0.15) is 0 Å². The number of nitrogens with zero attached hydrogens (tertiary/aromatic N) is 2. The molecule has 0 aliphatic carbocycles. The summed E-state index contributed by atoms with van der Waals surface area (Å²) in [7, 11) is -2.95. The van der Waals surface area contributed by atoms with Crippen LogP contribution in [0.3, 0.4) is 0 Å². The lowest BCUT2D eigenvalue weighted by Gasteiger charge is -2.36. The van der Waals surface area contributed by atoms with Gasteiger partial charge >= 0.3 is 0 Å².